The number of carboxylic acids is 1. The average Bonchev–Trinajstić information content (AvgIpc) is 1.60. The summed E-state index contributed by atoms with van der Waals surface area (Å²) in [5, 5.41) is 31.1. The van der Waals surface area contributed by atoms with Gasteiger partial charge in [-0.1, -0.05) is 147 Å². The van der Waals surface area contributed by atoms with Crippen LogP contribution in [0.1, 0.15) is 133 Å². The predicted octanol–water partition coefficient (Wildman–Crippen LogP) is 17.7. The monoisotopic (exact) mass is 1780 g/mol. The summed E-state index contributed by atoms with van der Waals surface area (Å²) in [7, 11) is -1.77. The highest BCUT2D eigenvalue weighted by molar-refractivity contribution is 9.10. The molecule has 3 amide bonds. The summed E-state index contributed by atoms with van der Waals surface area (Å²) in [4.78, 5) is 68.9. The van der Waals surface area contributed by atoms with Gasteiger partial charge in [0.2, 0.25) is 17.3 Å². The zero-order valence-corrected chi connectivity index (χ0v) is 70.0. The number of H-pyrrole nitrogens is 1. The lowest BCUT2D eigenvalue weighted by molar-refractivity contribution is 0.00578. The number of pyridine rings is 3. The molecule has 0 saturated carbocycles. The number of benzene rings is 8. The molecule has 624 valence electrons. The van der Waals surface area contributed by atoms with Crippen LogP contribution in [-0.4, -0.2) is 90.4 Å². The molecular weight excluding hydrogens is 1710 g/mol. The van der Waals surface area contributed by atoms with Crippen LogP contribution in [0.3, 0.4) is 0 Å². The summed E-state index contributed by atoms with van der Waals surface area (Å²) in [5.74, 6) is -9.96. The summed E-state index contributed by atoms with van der Waals surface area (Å²) < 4.78 is 131. The summed E-state index contributed by atoms with van der Waals surface area (Å²) in [6.45, 7) is 20.9. The molecule has 3 aromatic heterocycles. The smallest absolute Gasteiger partial charge is 0.478 e. The number of carbonyl (C=O) groups is 4. The summed E-state index contributed by atoms with van der Waals surface area (Å²) in [5.41, 5.74) is 9.75. The Morgan fingerprint density at radius 1 is 0.479 bits per heavy atom. The fourth-order valence-electron chi connectivity index (χ4n) is 10.3. The van der Waals surface area contributed by atoms with E-state index in [1.54, 1.807) is 85.3 Å². The minimum Gasteiger partial charge on any atom is -0.478 e. The molecule has 1 saturated heterocycles. The molecule has 1 aliphatic heterocycles. The van der Waals surface area contributed by atoms with E-state index in [1.165, 1.54) is 6.07 Å². The van der Waals surface area contributed by atoms with Crippen molar-refractivity contribution in [3.63, 3.8) is 0 Å². The van der Waals surface area contributed by atoms with E-state index in [2.05, 4.69) is 46.8 Å². The second-order valence-electron chi connectivity index (χ2n) is 28.8. The van der Waals surface area contributed by atoms with Crippen molar-refractivity contribution >= 4 is 111 Å². The van der Waals surface area contributed by atoms with E-state index in [0.717, 1.165) is 96.9 Å². The fourth-order valence-corrected chi connectivity index (χ4v) is 11.5. The van der Waals surface area contributed by atoms with Gasteiger partial charge in [-0.3, -0.25) is 19.2 Å². The SMILES string of the molecule is CC(C)(C)Oc1cc(-c2ccc(CNC(=O)c3c(F)ccc(F)c3Cl)cc2)ccn1.CC(C)(C)Oc1cc(B2OC(C)(C)C(C)(C)O2)ccn1.NCc1ccc(B(O)O)cc1.O=C(NCc1ccc(-c2cc[nH]c(=O)c2)cc1)c1c(F)ccc(F)c1Cl.O=C(NCc1ccc(Br)cc1)c1c(F)ccc(F)c1Cl.O=C(O)c1c(F)ccc(F)c1Cl. The Morgan fingerprint density at radius 3 is 1.17 bits per heavy atom. The zero-order valence-electron chi connectivity index (χ0n) is 65.4. The van der Waals surface area contributed by atoms with Gasteiger partial charge in [-0.25, -0.2) is 49.9 Å². The van der Waals surface area contributed by atoms with Crippen molar-refractivity contribution in [2.45, 2.75) is 118 Å². The van der Waals surface area contributed by atoms with Gasteiger partial charge in [0.05, 0.1) is 48.0 Å². The summed E-state index contributed by atoms with van der Waals surface area (Å²) in [6, 6.07) is 46.1. The highest BCUT2D eigenvalue weighted by atomic mass is 79.9. The summed E-state index contributed by atoms with van der Waals surface area (Å²) in [6.07, 6.45) is 4.96. The maximum Gasteiger partial charge on any atom is 0.495 e. The van der Waals surface area contributed by atoms with Crippen molar-refractivity contribution < 1.29 is 88.2 Å². The molecule has 8 aromatic carbocycles. The average molecular weight is 1790 g/mol. The normalized spacial score (nSPS) is 12.3. The number of ether oxygens (including phenoxy) is 2. The van der Waals surface area contributed by atoms with Crippen LogP contribution in [-0.2, 0) is 35.5 Å². The lowest BCUT2D eigenvalue weighted by Gasteiger charge is -2.32. The minimum atomic E-state index is -1.59. The molecule has 0 bridgehead atoms. The van der Waals surface area contributed by atoms with E-state index in [1.807, 2.05) is 130 Å². The number of aromatic nitrogens is 3. The topological polar surface area (TPSA) is 287 Å². The first-order valence-electron chi connectivity index (χ1n) is 35.9. The number of nitrogens with one attached hydrogen (secondary N) is 4. The lowest BCUT2D eigenvalue weighted by atomic mass is 9.80. The molecule has 9 N–H and O–H groups in total. The Labute approximate surface area is 710 Å². The molecule has 0 aliphatic carbocycles. The van der Waals surface area contributed by atoms with Gasteiger partial charge >= 0.3 is 20.2 Å². The molecule has 0 unspecified atom stereocenters. The Balaban J connectivity index is 0.000000203. The van der Waals surface area contributed by atoms with Crippen molar-refractivity contribution in [3.05, 3.63) is 327 Å². The predicted molar refractivity (Wildman–Crippen MR) is 447 cm³/mol. The maximum absolute atomic E-state index is 13.9. The van der Waals surface area contributed by atoms with Crippen molar-refractivity contribution in [1.29, 1.82) is 0 Å². The van der Waals surface area contributed by atoms with Crippen LogP contribution in [0.15, 0.2) is 210 Å². The molecular formula is C85H80B2BrCl4F8N7O12. The van der Waals surface area contributed by atoms with Crippen molar-refractivity contribution in [3.8, 4) is 34.0 Å². The molecule has 12 rings (SSSR count). The van der Waals surface area contributed by atoms with Crippen LogP contribution in [0.2, 0.25) is 20.1 Å². The van der Waals surface area contributed by atoms with Crippen molar-refractivity contribution in [2.24, 2.45) is 5.73 Å². The third-order valence-electron chi connectivity index (χ3n) is 17.0. The first kappa shape index (κ1) is 95.6. The Kier molecular flexibility index (Phi) is 34.5. The van der Waals surface area contributed by atoms with E-state index in [0.29, 0.717) is 29.8 Å². The second-order valence-corrected chi connectivity index (χ2v) is 31.3. The number of carboxylic acid groups (broad SMARTS) is 1. The lowest BCUT2D eigenvalue weighted by Crippen LogP contribution is -2.41. The maximum atomic E-state index is 13.9. The number of halogens is 13. The number of amides is 3. The van der Waals surface area contributed by atoms with Gasteiger partial charge < -0.3 is 60.6 Å². The van der Waals surface area contributed by atoms with E-state index in [9.17, 15) is 59.1 Å². The first-order valence-corrected chi connectivity index (χ1v) is 38.2. The molecule has 0 spiro atoms. The number of nitrogens with zero attached hydrogens (tertiary/aromatic N) is 2. The number of aromatic carboxylic acids is 1. The van der Waals surface area contributed by atoms with Crippen LogP contribution in [0.25, 0.3) is 22.3 Å². The van der Waals surface area contributed by atoms with Crippen LogP contribution in [0.4, 0.5) is 35.1 Å². The highest BCUT2D eigenvalue weighted by Crippen LogP contribution is 2.37. The van der Waals surface area contributed by atoms with Gasteiger partial charge in [0.1, 0.15) is 63.3 Å². The molecule has 19 nitrogen and oxygen atoms in total. The van der Waals surface area contributed by atoms with Gasteiger partial charge in [-0.15, -0.1) is 0 Å². The van der Waals surface area contributed by atoms with Crippen molar-refractivity contribution in [2.75, 3.05) is 0 Å². The van der Waals surface area contributed by atoms with E-state index in [4.69, 9.17) is 86.1 Å². The zero-order chi connectivity index (χ0) is 88.0. The third kappa shape index (κ3) is 28.3. The Hall–Kier alpha value is -10.5. The largest absolute Gasteiger partial charge is 0.495 e. The van der Waals surface area contributed by atoms with Crippen molar-refractivity contribution in [1.82, 2.24) is 30.9 Å². The molecule has 4 heterocycles. The molecule has 1 fully saturated rings. The number of aromatic amines is 1. The number of hydrogen-bond acceptors (Lipinski definition) is 14. The van der Waals surface area contributed by atoms with Gasteiger partial charge in [0.25, 0.3) is 17.7 Å². The quantitative estimate of drug-likeness (QED) is 0.0239. The van der Waals surface area contributed by atoms with Gasteiger partial charge in [0, 0.05) is 67.4 Å². The first-order chi connectivity index (χ1) is 55.9. The van der Waals surface area contributed by atoms with Crippen LogP contribution < -0.4 is 47.6 Å². The van der Waals surface area contributed by atoms with E-state index in [-0.39, 0.29) is 54.7 Å². The number of rotatable bonds is 17. The van der Waals surface area contributed by atoms with E-state index < -0.39 is 120 Å². The molecule has 0 radical (unpaired) electrons. The molecule has 34 heteroatoms. The number of carbonyl (C=O) groups excluding carboxylic acids is 3. The minimum absolute atomic E-state index is 0.112. The van der Waals surface area contributed by atoms with Crippen LogP contribution >= 0.6 is 62.3 Å². The van der Waals surface area contributed by atoms with E-state index >= 15 is 0 Å². The molecule has 11 aromatic rings. The number of hydrogen-bond donors (Lipinski definition) is 8. The van der Waals surface area contributed by atoms with Gasteiger partial charge in [-0.2, -0.15) is 0 Å². The number of nitrogens with two attached hydrogens (primary N) is 1. The highest BCUT2D eigenvalue weighted by Gasteiger charge is 2.52. The third-order valence-corrected chi connectivity index (χ3v) is 19.1. The van der Waals surface area contributed by atoms with Crippen LogP contribution in [0, 0.1) is 46.5 Å². The Bertz CT molecular complexity index is 5420. The fraction of sp³-hybridized carbons (Fsp3) is 0.212. The molecule has 0 atom stereocenters. The van der Waals surface area contributed by atoms with Gasteiger partial charge in [-0.05, 0) is 204 Å². The Morgan fingerprint density at radius 2 is 0.815 bits per heavy atom. The van der Waals surface area contributed by atoms with Gasteiger partial charge in [0.15, 0.2) is 0 Å². The molecule has 119 heavy (non-hydrogen) atoms. The molecule has 1 aliphatic rings. The summed E-state index contributed by atoms with van der Waals surface area (Å²) >= 11 is 25.5. The van der Waals surface area contributed by atoms with Crippen LogP contribution in [0.5, 0.6) is 11.8 Å². The second kappa shape index (κ2) is 42.9. The standard InChI is InChI=1S/C23H21ClF2N2O2.C19H13ClF2N2O2.C15H24BNO3.C14H9BrClF2NO.C7H10BNO2.C7H3ClF2O2/c1-23(2,3)30-19-12-16(10-11-27-19)15-6-4-14(5-7-15)13-28-22(29)20-17(25)8-9-18(26)21(20)24;20-18-15(22)6-5-14(21)17(18)19(26)24-10-11-1-3-12(4-2-11)13-7-8-23-16(25)9-13;1-13(2,3)18-12-10-11(8-9-17-12)16-19-14(4,5)15(6,7)20-16;15-9-3-1-8(2-4-9)7-19-14(20)12-10(17)5-6-11(18)13(12)16;9-5-6-1-3-7(4-2-6)8(10)11;8-6-4(10)2-1-3(9)5(6)7(11)12/h4-12H,13H2,1-3H3,(H,28,29);1-9H,10H2,(H,23,25)(H,24,26);8-10H,1-7H3;1-6H,7H2,(H,19,20);1-4,10-11H,5,9H2;1-2H,(H,11,12).